The van der Waals surface area contributed by atoms with Gasteiger partial charge in [0.05, 0.1) is 19.2 Å². The molecule has 0 spiro atoms. The molecule has 0 aliphatic carbocycles. The Morgan fingerprint density at radius 1 is 1.39 bits per heavy atom. The molecule has 5 heterocycles. The van der Waals surface area contributed by atoms with E-state index in [0.29, 0.717) is 23.0 Å². The van der Waals surface area contributed by atoms with Crippen LogP contribution in [0.2, 0.25) is 0 Å². The molecule has 0 aromatic carbocycles. The van der Waals surface area contributed by atoms with E-state index < -0.39 is 30.0 Å². The second-order valence-corrected chi connectivity index (χ2v) is 8.64. The molecule has 16 heteroatoms. The number of tetrazole rings is 1. The Hall–Kier alpha value is -2.62. The van der Waals surface area contributed by atoms with Gasteiger partial charge in [0.15, 0.2) is 0 Å². The summed E-state index contributed by atoms with van der Waals surface area (Å²) in [5.41, 5.74) is -0.0804. The second-order valence-electron chi connectivity index (χ2n) is 7.57. The number of urea groups is 1. The molecule has 3 aliphatic rings. The molecule has 2 fully saturated rings. The van der Waals surface area contributed by atoms with E-state index in [-0.39, 0.29) is 52.9 Å². The Morgan fingerprint density at radius 2 is 2.15 bits per heavy atom. The van der Waals surface area contributed by atoms with Gasteiger partial charge in [0, 0.05) is 31.5 Å². The summed E-state index contributed by atoms with van der Waals surface area (Å²) in [6.07, 6.45) is 0.383. The van der Waals surface area contributed by atoms with Crippen molar-refractivity contribution < 1.29 is 28.8 Å². The minimum absolute atomic E-state index is 0. The second kappa shape index (κ2) is 8.62. The average molecular weight is 486 g/mol. The van der Waals surface area contributed by atoms with E-state index in [0.717, 1.165) is 11.8 Å². The first-order valence-corrected chi connectivity index (χ1v) is 10.4. The number of carboxylic acid groups (broad SMARTS) is 1. The summed E-state index contributed by atoms with van der Waals surface area (Å²) in [6.45, 7) is 0.292. The fourth-order valence-electron chi connectivity index (χ4n) is 4.39. The number of allylic oxidation sites excluding steroid dienone is 1. The summed E-state index contributed by atoms with van der Waals surface area (Å²) in [5.74, 6) is -1.37. The molecule has 2 saturated heterocycles. The number of likely N-dealkylation sites (tertiary alicyclic amines) is 1. The summed E-state index contributed by atoms with van der Waals surface area (Å²) in [6, 6.07) is -0.0990. The van der Waals surface area contributed by atoms with Crippen LogP contribution in [0.1, 0.15) is 6.42 Å². The summed E-state index contributed by atoms with van der Waals surface area (Å²) in [4.78, 5) is 42.7. The molecule has 5 rings (SSSR count). The molecule has 3 amide bonds. The first kappa shape index (κ1) is 23.5. The summed E-state index contributed by atoms with van der Waals surface area (Å²) < 4.78 is 11.5. The van der Waals surface area contributed by atoms with Crippen LogP contribution in [0.5, 0.6) is 5.88 Å². The average Bonchev–Trinajstić information content (AvgIpc) is 3.49. The molecule has 0 bridgehead atoms. The predicted molar refractivity (Wildman–Crippen MR) is 113 cm³/mol. The standard InChI is InChI=1S/C17H18N8O6S.Na.H/c1-22(10-5-9(30-3)19-31-10)17(29)24-6-7-4-8(32-16-18-20-21-23(16)2)12(15(27)28)25-11(7)13(24)14(25)26;;/h5,7,11,13H,4,6H2,1-3H3,(H,27,28);;/t7-,11-,13+;;/m1../s1. The summed E-state index contributed by atoms with van der Waals surface area (Å²) in [7, 11) is 4.58. The van der Waals surface area contributed by atoms with Gasteiger partial charge < -0.3 is 19.3 Å². The maximum absolute atomic E-state index is 13.2. The van der Waals surface area contributed by atoms with Crippen molar-refractivity contribution in [2.45, 2.75) is 23.7 Å². The first-order chi connectivity index (χ1) is 15.3. The number of methoxy groups -OCH3 is 1. The van der Waals surface area contributed by atoms with Crippen molar-refractivity contribution in [1.82, 2.24) is 35.2 Å². The maximum atomic E-state index is 13.2. The molecule has 0 saturated carbocycles. The normalized spacial score (nSPS) is 23.1. The predicted octanol–water partition coefficient (Wildman–Crippen LogP) is -0.882. The van der Waals surface area contributed by atoms with Gasteiger partial charge in [0.25, 0.3) is 11.8 Å². The van der Waals surface area contributed by atoms with Gasteiger partial charge in [-0.2, -0.15) is 0 Å². The van der Waals surface area contributed by atoms with Crippen molar-refractivity contribution in [1.29, 1.82) is 0 Å². The Balaban J connectivity index is 0.00000259. The molecular formula is C17H19N8NaO6S. The number of hydrogen-bond acceptors (Lipinski definition) is 10. The Bertz CT molecular complexity index is 1170. The van der Waals surface area contributed by atoms with Crippen molar-refractivity contribution in [3.8, 4) is 5.88 Å². The van der Waals surface area contributed by atoms with Crippen LogP contribution >= 0.6 is 11.8 Å². The van der Waals surface area contributed by atoms with Gasteiger partial charge in [-0.05, 0) is 22.0 Å². The number of ether oxygens (including phenoxy) is 1. The number of aliphatic carboxylic acids is 1. The third-order valence-electron chi connectivity index (χ3n) is 5.86. The number of carbonyl (C=O) groups is 3. The van der Waals surface area contributed by atoms with Gasteiger partial charge in [-0.15, -0.1) is 5.10 Å². The molecule has 1 N–H and O–H groups in total. The number of hydrogen-bond donors (Lipinski definition) is 1. The SMILES string of the molecule is COc1cc(N(C)C(=O)N2C[C@H]3CC(Sc4nnnn4C)=C(C(=O)O)N4C(=O)[C@@H]2[C@@H]34)on1.[NaH]. The van der Waals surface area contributed by atoms with E-state index in [4.69, 9.17) is 9.26 Å². The number of carboxylic acids is 1. The molecule has 0 radical (unpaired) electrons. The summed E-state index contributed by atoms with van der Waals surface area (Å²) in [5, 5.41) is 25.1. The number of amides is 3. The third-order valence-corrected chi connectivity index (χ3v) is 7.00. The van der Waals surface area contributed by atoms with Crippen LogP contribution < -0.4 is 9.64 Å². The Morgan fingerprint density at radius 3 is 2.76 bits per heavy atom. The third kappa shape index (κ3) is 3.59. The van der Waals surface area contributed by atoms with E-state index >= 15 is 0 Å². The van der Waals surface area contributed by atoms with E-state index in [1.165, 1.54) is 39.6 Å². The van der Waals surface area contributed by atoms with E-state index in [2.05, 4.69) is 20.7 Å². The van der Waals surface area contributed by atoms with Gasteiger partial charge >= 0.3 is 41.6 Å². The zero-order valence-electron chi connectivity index (χ0n) is 17.2. The molecule has 14 nitrogen and oxygen atoms in total. The van der Waals surface area contributed by atoms with Crippen molar-refractivity contribution >= 4 is 65.1 Å². The fraction of sp³-hybridized carbons (Fsp3) is 0.471. The summed E-state index contributed by atoms with van der Waals surface area (Å²) >= 11 is 1.11. The van der Waals surface area contributed by atoms with Gasteiger partial charge in [0.1, 0.15) is 11.7 Å². The van der Waals surface area contributed by atoms with Gasteiger partial charge in [0.2, 0.25) is 11.0 Å². The van der Waals surface area contributed by atoms with Crippen LogP contribution in [0.3, 0.4) is 0 Å². The molecule has 2 aromatic heterocycles. The van der Waals surface area contributed by atoms with Gasteiger partial charge in [-0.25, -0.2) is 14.3 Å². The molecule has 0 unspecified atom stereocenters. The van der Waals surface area contributed by atoms with Crippen LogP contribution in [0.4, 0.5) is 10.7 Å². The monoisotopic (exact) mass is 486 g/mol. The number of thioether (sulfide) groups is 1. The number of aromatic nitrogens is 5. The number of aryl methyl sites for hydroxylation is 1. The molecule has 33 heavy (non-hydrogen) atoms. The van der Waals surface area contributed by atoms with E-state index in [9.17, 15) is 19.5 Å². The van der Waals surface area contributed by atoms with Gasteiger partial charge in [-0.3, -0.25) is 14.6 Å². The van der Waals surface area contributed by atoms with Crippen molar-refractivity contribution in [3.05, 3.63) is 16.7 Å². The van der Waals surface area contributed by atoms with E-state index in [1.807, 2.05) is 0 Å². The number of anilines is 1. The minimum atomic E-state index is -1.21. The fourth-order valence-corrected chi connectivity index (χ4v) is 5.43. The molecule has 2 aromatic rings. The van der Waals surface area contributed by atoms with Crippen LogP contribution in [-0.4, -0.2) is 121 Å². The molecule has 3 atom stereocenters. The number of rotatable bonds is 5. The topological polar surface area (TPSA) is 160 Å². The number of carbonyl (C=O) groups excluding carboxylic acids is 2. The van der Waals surface area contributed by atoms with Crippen molar-refractivity contribution in [3.63, 3.8) is 0 Å². The van der Waals surface area contributed by atoms with Crippen molar-refractivity contribution in [2.24, 2.45) is 13.0 Å². The first-order valence-electron chi connectivity index (χ1n) is 9.56. The van der Waals surface area contributed by atoms with Crippen LogP contribution in [0, 0.1) is 5.92 Å². The number of nitrogens with zero attached hydrogens (tertiary/aromatic N) is 8. The molecular weight excluding hydrogens is 467 g/mol. The zero-order valence-corrected chi connectivity index (χ0v) is 18.0. The van der Waals surface area contributed by atoms with Crippen molar-refractivity contribution in [2.75, 3.05) is 25.6 Å². The van der Waals surface area contributed by atoms with Crippen LogP contribution in [-0.2, 0) is 16.6 Å². The van der Waals surface area contributed by atoms with Gasteiger partial charge in [-0.1, -0.05) is 11.8 Å². The zero-order chi connectivity index (χ0) is 22.7. The number of β-lactam (4-membered cyclic amide) rings is 1. The quantitative estimate of drug-likeness (QED) is 0.413. The Kier molecular flexibility index (Phi) is 6.15. The Labute approximate surface area is 213 Å². The molecule has 170 valence electrons. The molecule has 3 aliphatic heterocycles. The van der Waals surface area contributed by atoms with E-state index in [1.54, 1.807) is 7.05 Å². The van der Waals surface area contributed by atoms with Crippen LogP contribution in [0.25, 0.3) is 0 Å². The van der Waals surface area contributed by atoms with Crippen LogP contribution in [0.15, 0.2) is 26.3 Å².